The summed E-state index contributed by atoms with van der Waals surface area (Å²) in [7, 11) is -3.90. The molecule has 19 heavy (non-hydrogen) atoms. The number of carbonyl (C=O) groups is 1. The first-order valence-corrected chi connectivity index (χ1v) is 7.74. The lowest BCUT2D eigenvalue weighted by molar-refractivity contribution is -0.144. The van der Waals surface area contributed by atoms with Crippen LogP contribution in [0, 0.1) is 0 Å². The van der Waals surface area contributed by atoms with E-state index in [9.17, 15) is 18.3 Å². The zero-order valence-electron chi connectivity index (χ0n) is 9.80. The van der Waals surface area contributed by atoms with Gasteiger partial charge in [0.15, 0.2) is 5.54 Å². The van der Waals surface area contributed by atoms with Crippen LogP contribution in [0.2, 0.25) is 0 Å². The molecule has 1 saturated heterocycles. The fourth-order valence-electron chi connectivity index (χ4n) is 1.79. The molecular weight excluding hydrogens is 338 g/mol. The Morgan fingerprint density at radius 2 is 2.00 bits per heavy atom. The predicted molar refractivity (Wildman–Crippen MR) is 70.3 cm³/mol. The van der Waals surface area contributed by atoms with Gasteiger partial charge >= 0.3 is 5.97 Å². The quantitative estimate of drug-likeness (QED) is 0.844. The van der Waals surface area contributed by atoms with Crippen LogP contribution in [-0.2, 0) is 19.6 Å². The Labute approximate surface area is 118 Å². The van der Waals surface area contributed by atoms with Crippen LogP contribution in [0.5, 0.6) is 0 Å². The summed E-state index contributed by atoms with van der Waals surface area (Å²) in [6, 6.07) is 5.95. The van der Waals surface area contributed by atoms with E-state index in [2.05, 4.69) is 20.7 Å². The second kappa shape index (κ2) is 5.20. The molecule has 0 saturated carbocycles. The van der Waals surface area contributed by atoms with Gasteiger partial charge in [0.05, 0.1) is 11.5 Å². The molecule has 0 amide bonds. The molecule has 1 aromatic carbocycles. The molecule has 2 N–H and O–H groups in total. The minimum Gasteiger partial charge on any atom is -0.480 e. The number of hydrogen-bond donors (Lipinski definition) is 2. The lowest BCUT2D eigenvalue weighted by atomic mass is 10.0. The van der Waals surface area contributed by atoms with Gasteiger partial charge in [-0.05, 0) is 24.3 Å². The molecule has 1 heterocycles. The zero-order valence-corrected chi connectivity index (χ0v) is 12.2. The van der Waals surface area contributed by atoms with E-state index < -0.39 is 21.5 Å². The number of carboxylic acids is 1. The van der Waals surface area contributed by atoms with E-state index in [0.29, 0.717) is 0 Å². The Balaban J connectivity index is 2.30. The van der Waals surface area contributed by atoms with Crippen LogP contribution in [0.3, 0.4) is 0 Å². The van der Waals surface area contributed by atoms with Gasteiger partial charge in [0.1, 0.15) is 0 Å². The molecule has 1 aliphatic rings. The summed E-state index contributed by atoms with van der Waals surface area (Å²) in [5.74, 6) is -1.23. The van der Waals surface area contributed by atoms with Crippen molar-refractivity contribution >= 4 is 31.9 Å². The molecule has 0 aliphatic carbocycles. The Bertz CT molecular complexity index is 578. The highest BCUT2D eigenvalue weighted by molar-refractivity contribution is 9.10. The van der Waals surface area contributed by atoms with Gasteiger partial charge in [0.25, 0.3) is 0 Å². The lowest BCUT2D eigenvalue weighted by Crippen LogP contribution is -2.54. The first-order valence-electron chi connectivity index (χ1n) is 5.46. The monoisotopic (exact) mass is 349 g/mol. The molecule has 0 spiro atoms. The zero-order chi connectivity index (χ0) is 14.1. The fraction of sp³-hybridized carbons (Fsp3) is 0.364. The summed E-state index contributed by atoms with van der Waals surface area (Å²) in [6.45, 7) is 0.0489. The van der Waals surface area contributed by atoms with Crippen LogP contribution in [0.15, 0.2) is 33.6 Å². The third-order valence-corrected chi connectivity index (χ3v) is 4.97. The maximum atomic E-state index is 12.2. The largest absolute Gasteiger partial charge is 0.480 e. The summed E-state index contributed by atoms with van der Waals surface area (Å²) in [6.07, 6.45) is 0.109. The van der Waals surface area contributed by atoms with E-state index in [-0.39, 0.29) is 24.5 Å². The molecule has 0 radical (unpaired) electrons. The van der Waals surface area contributed by atoms with Gasteiger partial charge in [-0.1, -0.05) is 15.9 Å². The number of rotatable bonds is 4. The van der Waals surface area contributed by atoms with E-state index in [4.69, 9.17) is 4.74 Å². The second-order valence-electron chi connectivity index (χ2n) is 4.25. The van der Waals surface area contributed by atoms with E-state index in [1.165, 1.54) is 12.1 Å². The Hall–Kier alpha value is -0.960. The minimum absolute atomic E-state index is 0.0169. The smallest absolute Gasteiger partial charge is 0.327 e. The standard InChI is InChI=1S/C11H12BrNO5S/c12-8-1-3-9(4-2-8)19(16,17)13-11(10(14)15)5-6-18-7-11/h1-4,13H,5-7H2,(H,14,15). The molecule has 0 bridgehead atoms. The molecule has 1 aromatic rings. The van der Waals surface area contributed by atoms with Crippen LogP contribution in [0.4, 0.5) is 0 Å². The van der Waals surface area contributed by atoms with E-state index >= 15 is 0 Å². The number of sulfonamides is 1. The average molecular weight is 350 g/mol. The van der Waals surface area contributed by atoms with Crippen molar-refractivity contribution in [1.82, 2.24) is 4.72 Å². The van der Waals surface area contributed by atoms with Gasteiger partial charge in [-0.25, -0.2) is 8.42 Å². The average Bonchev–Trinajstić information content (AvgIpc) is 2.78. The van der Waals surface area contributed by atoms with Crippen LogP contribution < -0.4 is 4.72 Å². The normalized spacial score (nSPS) is 23.4. The van der Waals surface area contributed by atoms with Crippen molar-refractivity contribution in [3.63, 3.8) is 0 Å². The number of aliphatic carboxylic acids is 1. The summed E-state index contributed by atoms with van der Waals surface area (Å²) in [5, 5.41) is 9.20. The van der Waals surface area contributed by atoms with Gasteiger partial charge in [-0.3, -0.25) is 4.79 Å². The maximum Gasteiger partial charge on any atom is 0.327 e. The summed E-state index contributed by atoms with van der Waals surface area (Å²) < 4.78 is 32.3. The van der Waals surface area contributed by atoms with E-state index in [1.807, 2.05) is 0 Å². The minimum atomic E-state index is -3.90. The van der Waals surface area contributed by atoms with Crippen molar-refractivity contribution in [2.45, 2.75) is 16.9 Å². The van der Waals surface area contributed by atoms with Crippen molar-refractivity contribution in [3.05, 3.63) is 28.7 Å². The van der Waals surface area contributed by atoms with Crippen LogP contribution in [-0.4, -0.2) is 38.2 Å². The Kier molecular flexibility index (Phi) is 3.95. The molecule has 1 atom stereocenters. The van der Waals surface area contributed by atoms with E-state index in [1.54, 1.807) is 12.1 Å². The van der Waals surface area contributed by atoms with Crippen LogP contribution in [0.25, 0.3) is 0 Å². The van der Waals surface area contributed by atoms with E-state index in [0.717, 1.165) is 4.47 Å². The van der Waals surface area contributed by atoms with Crippen molar-refractivity contribution in [1.29, 1.82) is 0 Å². The van der Waals surface area contributed by atoms with Gasteiger partial charge in [-0.2, -0.15) is 4.72 Å². The lowest BCUT2D eigenvalue weighted by Gasteiger charge is -2.23. The molecule has 1 fully saturated rings. The summed E-state index contributed by atoms with van der Waals surface area (Å²) >= 11 is 3.20. The van der Waals surface area contributed by atoms with Crippen LogP contribution in [0.1, 0.15) is 6.42 Å². The topological polar surface area (TPSA) is 92.7 Å². The molecule has 104 valence electrons. The number of benzene rings is 1. The highest BCUT2D eigenvalue weighted by atomic mass is 79.9. The number of halogens is 1. The first kappa shape index (κ1) is 14.4. The highest BCUT2D eigenvalue weighted by Crippen LogP contribution is 2.23. The molecular formula is C11H12BrNO5S. The predicted octanol–water partition coefficient (Wildman–Crippen LogP) is 0.971. The Morgan fingerprint density at radius 1 is 1.37 bits per heavy atom. The molecule has 1 unspecified atom stereocenters. The number of ether oxygens (including phenoxy) is 1. The van der Waals surface area contributed by atoms with Crippen LogP contribution >= 0.6 is 15.9 Å². The Morgan fingerprint density at radius 3 is 2.47 bits per heavy atom. The van der Waals surface area contributed by atoms with Crippen molar-refractivity contribution in [3.8, 4) is 0 Å². The van der Waals surface area contributed by atoms with Gasteiger partial charge in [-0.15, -0.1) is 0 Å². The summed E-state index contributed by atoms with van der Waals surface area (Å²) in [5.41, 5.74) is -1.58. The molecule has 2 rings (SSSR count). The molecule has 8 heteroatoms. The van der Waals surface area contributed by atoms with Crippen molar-refractivity contribution in [2.75, 3.05) is 13.2 Å². The molecule has 0 aromatic heterocycles. The van der Waals surface area contributed by atoms with Gasteiger partial charge in [0, 0.05) is 17.5 Å². The molecule has 1 aliphatic heterocycles. The highest BCUT2D eigenvalue weighted by Gasteiger charge is 2.45. The van der Waals surface area contributed by atoms with Gasteiger partial charge < -0.3 is 9.84 Å². The third-order valence-electron chi connectivity index (χ3n) is 2.88. The summed E-state index contributed by atoms with van der Waals surface area (Å²) in [4.78, 5) is 11.3. The third kappa shape index (κ3) is 2.97. The maximum absolute atomic E-state index is 12.2. The van der Waals surface area contributed by atoms with Gasteiger partial charge in [0.2, 0.25) is 10.0 Å². The number of carboxylic acid groups (broad SMARTS) is 1. The first-order chi connectivity index (χ1) is 8.86. The number of hydrogen-bond acceptors (Lipinski definition) is 4. The number of nitrogens with one attached hydrogen (secondary N) is 1. The fourth-order valence-corrected chi connectivity index (χ4v) is 3.43. The van der Waals surface area contributed by atoms with Crippen molar-refractivity contribution < 1.29 is 23.1 Å². The SMILES string of the molecule is O=C(O)C1(NS(=O)(=O)c2ccc(Br)cc2)CCOC1. The van der Waals surface area contributed by atoms with Crippen molar-refractivity contribution in [2.24, 2.45) is 0 Å². The second-order valence-corrected chi connectivity index (χ2v) is 6.85. The molecule has 6 nitrogen and oxygen atoms in total.